The lowest BCUT2D eigenvalue weighted by Gasteiger charge is -2.02. The van der Waals surface area contributed by atoms with E-state index in [4.69, 9.17) is 18.0 Å². The van der Waals surface area contributed by atoms with E-state index in [9.17, 15) is 4.79 Å². The molecule has 0 bridgehead atoms. The van der Waals surface area contributed by atoms with Crippen molar-refractivity contribution < 1.29 is 4.79 Å². The number of unbranched alkanes of at least 4 members (excludes halogenated alkanes) is 2. The van der Waals surface area contributed by atoms with Crippen molar-refractivity contribution in [1.82, 2.24) is 5.32 Å². The fourth-order valence-corrected chi connectivity index (χ4v) is 2.41. The first-order valence-electron chi connectivity index (χ1n) is 5.12. The number of hydrogen-bond acceptors (Lipinski definition) is 2. The zero-order chi connectivity index (χ0) is 12.0. The van der Waals surface area contributed by atoms with E-state index in [1.54, 1.807) is 0 Å². The molecule has 0 unspecified atom stereocenters. The first-order chi connectivity index (χ1) is 7.66. The molecule has 0 radical (unpaired) electrons. The number of amides is 1. The summed E-state index contributed by atoms with van der Waals surface area (Å²) in [5.74, 6) is 2.47. The first-order valence-corrected chi connectivity index (χ1v) is 6.38. The van der Waals surface area contributed by atoms with Crippen molar-refractivity contribution in [1.29, 1.82) is 0 Å². The van der Waals surface area contributed by atoms with Gasteiger partial charge < -0.3 is 5.32 Å². The van der Waals surface area contributed by atoms with Crippen LogP contribution in [0.2, 0.25) is 5.02 Å². The van der Waals surface area contributed by atoms with Crippen LogP contribution in [-0.4, -0.2) is 12.5 Å². The molecule has 0 aliphatic rings. The van der Waals surface area contributed by atoms with Crippen LogP contribution in [0.3, 0.4) is 0 Å². The lowest BCUT2D eigenvalue weighted by molar-refractivity contribution is 0.0957. The van der Waals surface area contributed by atoms with E-state index in [0.717, 1.165) is 24.8 Å². The molecule has 0 fully saturated rings. The molecule has 0 atom stereocenters. The van der Waals surface area contributed by atoms with Gasteiger partial charge in [-0.05, 0) is 30.7 Å². The molecule has 0 spiro atoms. The number of hydrogen-bond donors (Lipinski definition) is 1. The summed E-state index contributed by atoms with van der Waals surface area (Å²) in [4.78, 5) is 12.3. The fourth-order valence-electron chi connectivity index (χ4n) is 1.22. The third-order valence-corrected chi connectivity index (χ3v) is 3.83. The average molecular weight is 256 g/mol. The minimum atomic E-state index is -0.0937. The number of aryl methyl sites for hydroxylation is 1. The molecular formula is C12H14ClNOS. The maximum atomic E-state index is 11.7. The fraction of sp³-hybridized carbons (Fsp3) is 0.417. The second kappa shape index (κ2) is 6.57. The molecular weight excluding hydrogens is 242 g/mol. The second-order valence-corrected chi connectivity index (χ2v) is 4.74. The van der Waals surface area contributed by atoms with Gasteiger partial charge in [-0.1, -0.05) is 11.6 Å². The highest BCUT2D eigenvalue weighted by Gasteiger charge is 2.13. The number of nitrogens with one attached hydrogen (secondary N) is 1. The molecule has 0 aromatic carbocycles. The van der Waals surface area contributed by atoms with E-state index < -0.39 is 0 Å². The number of thiophene rings is 1. The second-order valence-electron chi connectivity index (χ2n) is 3.48. The van der Waals surface area contributed by atoms with Crippen molar-refractivity contribution in [2.75, 3.05) is 6.54 Å². The van der Waals surface area contributed by atoms with Crippen LogP contribution in [0.25, 0.3) is 0 Å². The minimum Gasteiger partial charge on any atom is -0.351 e. The van der Waals surface area contributed by atoms with Crippen LogP contribution in [0.4, 0.5) is 0 Å². The quantitative estimate of drug-likeness (QED) is 0.635. The van der Waals surface area contributed by atoms with E-state index in [1.165, 1.54) is 11.3 Å². The van der Waals surface area contributed by atoms with Crippen LogP contribution in [-0.2, 0) is 0 Å². The molecule has 2 nitrogen and oxygen atoms in total. The highest BCUT2D eigenvalue weighted by atomic mass is 35.5. The van der Waals surface area contributed by atoms with E-state index in [-0.39, 0.29) is 5.91 Å². The molecule has 1 N–H and O–H groups in total. The van der Waals surface area contributed by atoms with Crippen LogP contribution in [0.1, 0.15) is 34.5 Å². The lowest BCUT2D eigenvalue weighted by Crippen LogP contribution is -2.23. The maximum Gasteiger partial charge on any atom is 0.262 e. The summed E-state index contributed by atoms with van der Waals surface area (Å²) >= 11 is 7.37. The van der Waals surface area contributed by atoms with Gasteiger partial charge in [-0.25, -0.2) is 0 Å². The van der Waals surface area contributed by atoms with Crippen molar-refractivity contribution in [2.24, 2.45) is 0 Å². The molecule has 0 aliphatic carbocycles. The van der Waals surface area contributed by atoms with Crippen LogP contribution in [0, 0.1) is 19.3 Å². The molecule has 0 aliphatic heterocycles. The number of carbonyl (C=O) groups is 1. The van der Waals surface area contributed by atoms with Gasteiger partial charge in [0.25, 0.3) is 5.91 Å². The molecule has 1 heterocycles. The molecule has 86 valence electrons. The van der Waals surface area contributed by atoms with E-state index in [1.807, 2.05) is 12.3 Å². The zero-order valence-electron chi connectivity index (χ0n) is 9.18. The Bertz CT molecular complexity index is 406. The highest BCUT2D eigenvalue weighted by molar-refractivity contribution is 7.13. The predicted octanol–water partition coefficient (Wildman–Crippen LogP) is 3.24. The Balaban J connectivity index is 2.36. The molecule has 1 aromatic heterocycles. The van der Waals surface area contributed by atoms with Crippen molar-refractivity contribution in [3.8, 4) is 12.3 Å². The molecule has 1 aromatic rings. The standard InChI is InChI=1S/C12H14ClNOS/c1-3-4-5-6-7-14-12(15)11-10(13)9(2)8-16-11/h1,8H,4-7H2,2H3,(H,14,15). The third kappa shape index (κ3) is 3.55. The van der Waals surface area contributed by atoms with Crippen LogP contribution in [0.5, 0.6) is 0 Å². The van der Waals surface area contributed by atoms with Crippen molar-refractivity contribution in [2.45, 2.75) is 26.2 Å². The topological polar surface area (TPSA) is 29.1 Å². The van der Waals surface area contributed by atoms with Crippen LogP contribution >= 0.6 is 22.9 Å². The predicted molar refractivity (Wildman–Crippen MR) is 69.1 cm³/mol. The van der Waals surface area contributed by atoms with E-state index in [2.05, 4.69) is 11.2 Å². The Morgan fingerprint density at radius 1 is 1.62 bits per heavy atom. The van der Waals surface area contributed by atoms with Crippen LogP contribution < -0.4 is 5.32 Å². The SMILES string of the molecule is C#CCCCCNC(=O)c1scc(C)c1Cl. The van der Waals surface area contributed by atoms with Gasteiger partial charge in [0.1, 0.15) is 4.88 Å². The van der Waals surface area contributed by atoms with Gasteiger partial charge >= 0.3 is 0 Å². The summed E-state index contributed by atoms with van der Waals surface area (Å²) in [5, 5.41) is 5.28. The van der Waals surface area contributed by atoms with Gasteiger partial charge in [0, 0.05) is 13.0 Å². The molecule has 0 saturated heterocycles. The minimum absolute atomic E-state index is 0.0937. The summed E-state index contributed by atoms with van der Waals surface area (Å²) in [6.45, 7) is 2.54. The van der Waals surface area contributed by atoms with E-state index >= 15 is 0 Å². The Kier molecular flexibility index (Phi) is 5.37. The Morgan fingerprint density at radius 2 is 2.38 bits per heavy atom. The van der Waals surface area contributed by atoms with Gasteiger partial charge in [-0.15, -0.1) is 23.7 Å². The zero-order valence-corrected chi connectivity index (χ0v) is 10.8. The molecule has 1 rings (SSSR count). The van der Waals surface area contributed by atoms with Gasteiger partial charge in [0.2, 0.25) is 0 Å². The van der Waals surface area contributed by atoms with Crippen molar-refractivity contribution in [3.05, 3.63) is 20.8 Å². The lowest BCUT2D eigenvalue weighted by atomic mass is 10.2. The number of carbonyl (C=O) groups excluding carboxylic acids is 1. The largest absolute Gasteiger partial charge is 0.351 e. The summed E-state index contributed by atoms with van der Waals surface area (Å²) < 4.78 is 0. The normalized spacial score (nSPS) is 9.81. The summed E-state index contributed by atoms with van der Waals surface area (Å²) in [5.41, 5.74) is 0.948. The Hall–Kier alpha value is -0.980. The third-order valence-electron chi connectivity index (χ3n) is 2.14. The van der Waals surface area contributed by atoms with Gasteiger partial charge in [-0.2, -0.15) is 0 Å². The first kappa shape index (κ1) is 13.1. The number of halogens is 1. The highest BCUT2D eigenvalue weighted by Crippen LogP contribution is 2.26. The van der Waals surface area contributed by atoms with Crippen molar-refractivity contribution >= 4 is 28.8 Å². The smallest absolute Gasteiger partial charge is 0.262 e. The monoisotopic (exact) mass is 255 g/mol. The maximum absolute atomic E-state index is 11.7. The summed E-state index contributed by atoms with van der Waals surface area (Å²) in [6.07, 6.45) is 7.73. The van der Waals surface area contributed by atoms with Crippen molar-refractivity contribution in [3.63, 3.8) is 0 Å². The van der Waals surface area contributed by atoms with Gasteiger partial charge in [-0.3, -0.25) is 4.79 Å². The molecule has 4 heteroatoms. The molecule has 0 saturated carbocycles. The molecule has 1 amide bonds. The Morgan fingerprint density at radius 3 is 2.94 bits per heavy atom. The van der Waals surface area contributed by atoms with E-state index in [0.29, 0.717) is 16.4 Å². The van der Waals surface area contributed by atoms with Crippen LogP contribution in [0.15, 0.2) is 5.38 Å². The molecule has 16 heavy (non-hydrogen) atoms. The summed E-state index contributed by atoms with van der Waals surface area (Å²) in [7, 11) is 0. The number of rotatable bonds is 5. The van der Waals surface area contributed by atoms with Gasteiger partial charge in [0.05, 0.1) is 5.02 Å². The summed E-state index contributed by atoms with van der Waals surface area (Å²) in [6, 6.07) is 0. The average Bonchev–Trinajstić information content (AvgIpc) is 2.59. The Labute approximate surface area is 105 Å². The number of terminal acetylenes is 1. The van der Waals surface area contributed by atoms with Gasteiger partial charge in [0.15, 0.2) is 0 Å².